The fourth-order valence-electron chi connectivity index (χ4n) is 3.19. The molecule has 0 aliphatic carbocycles. The van der Waals surface area contributed by atoms with Crippen LogP contribution in [-0.4, -0.2) is 69.3 Å². The summed E-state index contributed by atoms with van der Waals surface area (Å²) in [7, 11) is 0. The number of hydrogen-bond donors (Lipinski definition) is 1. The number of hydrogen-bond acceptors (Lipinski definition) is 7. The van der Waals surface area contributed by atoms with Gasteiger partial charge in [-0.1, -0.05) is 12.1 Å². The summed E-state index contributed by atoms with van der Waals surface area (Å²) in [5.41, 5.74) is 2.35. The van der Waals surface area contributed by atoms with Crippen LogP contribution in [0.2, 0.25) is 0 Å². The van der Waals surface area contributed by atoms with Gasteiger partial charge in [0, 0.05) is 51.2 Å². The van der Waals surface area contributed by atoms with Gasteiger partial charge in [0.2, 0.25) is 0 Å². The van der Waals surface area contributed by atoms with E-state index in [0.29, 0.717) is 5.82 Å². The molecule has 1 saturated heterocycles. The Morgan fingerprint density at radius 1 is 0.815 bits per heavy atom. The van der Waals surface area contributed by atoms with Gasteiger partial charge < -0.3 is 10.0 Å². The second kappa shape index (κ2) is 8.20. The van der Waals surface area contributed by atoms with E-state index >= 15 is 0 Å². The maximum atomic E-state index is 9.14. The lowest BCUT2D eigenvalue weighted by atomic mass is 10.2. The summed E-state index contributed by atoms with van der Waals surface area (Å²) in [6, 6.07) is 13.5. The molecule has 0 saturated carbocycles. The molecule has 7 heteroatoms. The minimum atomic E-state index is 0.196. The third-order valence-corrected chi connectivity index (χ3v) is 4.65. The lowest BCUT2D eigenvalue weighted by molar-refractivity contribution is 0.188. The number of β-amino-alcohol motifs (C(OH)–C–C–N with tert-alkyl or cyclic N) is 1. The first-order valence-electron chi connectivity index (χ1n) is 9.13. The third-order valence-electron chi connectivity index (χ3n) is 4.65. The van der Waals surface area contributed by atoms with Gasteiger partial charge in [-0.3, -0.25) is 14.9 Å². The number of rotatable bonds is 5. The van der Waals surface area contributed by atoms with E-state index in [4.69, 9.17) is 15.1 Å². The van der Waals surface area contributed by atoms with E-state index in [1.165, 1.54) is 0 Å². The van der Waals surface area contributed by atoms with E-state index in [2.05, 4.69) is 19.8 Å². The lowest BCUT2D eigenvalue weighted by Gasteiger charge is -2.35. The molecule has 3 aromatic rings. The quantitative estimate of drug-likeness (QED) is 0.740. The molecule has 27 heavy (non-hydrogen) atoms. The molecule has 138 valence electrons. The van der Waals surface area contributed by atoms with Crippen molar-refractivity contribution in [1.82, 2.24) is 24.8 Å². The highest BCUT2D eigenvalue weighted by Gasteiger charge is 2.20. The molecule has 0 radical (unpaired) electrons. The Kier molecular flexibility index (Phi) is 5.32. The number of anilines is 1. The molecule has 4 heterocycles. The molecular formula is C20H22N6O. The maximum absolute atomic E-state index is 9.14. The number of aromatic nitrogens is 4. The summed E-state index contributed by atoms with van der Waals surface area (Å²) in [6.07, 6.45) is 3.52. The van der Waals surface area contributed by atoms with Crippen LogP contribution in [0.3, 0.4) is 0 Å². The zero-order valence-electron chi connectivity index (χ0n) is 15.1. The molecule has 1 aliphatic heterocycles. The Hall–Kier alpha value is -2.90. The molecule has 7 nitrogen and oxygen atoms in total. The highest BCUT2D eigenvalue weighted by molar-refractivity contribution is 5.64. The molecular weight excluding hydrogens is 340 g/mol. The number of piperazine rings is 1. The maximum Gasteiger partial charge on any atom is 0.180 e. The van der Waals surface area contributed by atoms with E-state index in [0.717, 1.165) is 55.6 Å². The molecule has 0 aromatic carbocycles. The van der Waals surface area contributed by atoms with Crippen LogP contribution in [0.4, 0.5) is 5.82 Å². The minimum absolute atomic E-state index is 0.196. The first kappa shape index (κ1) is 17.5. The molecule has 4 rings (SSSR count). The predicted octanol–water partition coefficient (Wildman–Crippen LogP) is 1.71. The second-order valence-electron chi connectivity index (χ2n) is 6.42. The first-order valence-corrected chi connectivity index (χ1v) is 9.13. The van der Waals surface area contributed by atoms with Gasteiger partial charge in [0.05, 0.1) is 18.0 Å². The van der Waals surface area contributed by atoms with E-state index in [9.17, 15) is 0 Å². The predicted molar refractivity (Wildman–Crippen MR) is 104 cm³/mol. The van der Waals surface area contributed by atoms with Crippen molar-refractivity contribution in [3.63, 3.8) is 0 Å². The zero-order valence-corrected chi connectivity index (χ0v) is 15.1. The summed E-state index contributed by atoms with van der Waals surface area (Å²) < 4.78 is 0. The van der Waals surface area contributed by atoms with Gasteiger partial charge in [-0.2, -0.15) is 0 Å². The fourth-order valence-corrected chi connectivity index (χ4v) is 3.19. The number of aliphatic hydroxyl groups excluding tert-OH is 1. The van der Waals surface area contributed by atoms with E-state index < -0.39 is 0 Å². The minimum Gasteiger partial charge on any atom is -0.395 e. The Bertz CT molecular complexity index is 808. The molecule has 0 unspecified atom stereocenters. The van der Waals surface area contributed by atoms with Gasteiger partial charge in [-0.05, 0) is 24.3 Å². The van der Waals surface area contributed by atoms with E-state index in [1.54, 1.807) is 12.4 Å². The first-order chi connectivity index (χ1) is 13.3. The molecule has 1 fully saturated rings. The molecule has 0 amide bonds. The number of nitrogens with zero attached hydrogens (tertiary/aromatic N) is 6. The van der Waals surface area contributed by atoms with Gasteiger partial charge in [-0.15, -0.1) is 0 Å². The van der Waals surface area contributed by atoms with Crippen molar-refractivity contribution < 1.29 is 5.11 Å². The van der Waals surface area contributed by atoms with Crippen LogP contribution >= 0.6 is 0 Å². The second-order valence-corrected chi connectivity index (χ2v) is 6.42. The molecule has 3 aromatic heterocycles. The number of aliphatic hydroxyl groups is 1. The van der Waals surface area contributed by atoms with Crippen LogP contribution in [0.1, 0.15) is 0 Å². The average Bonchev–Trinajstić information content (AvgIpc) is 2.75. The monoisotopic (exact) mass is 362 g/mol. The molecule has 0 atom stereocenters. The smallest absolute Gasteiger partial charge is 0.180 e. The normalized spacial score (nSPS) is 15.1. The summed E-state index contributed by atoms with van der Waals surface area (Å²) >= 11 is 0. The van der Waals surface area contributed by atoms with Gasteiger partial charge in [0.25, 0.3) is 0 Å². The Morgan fingerprint density at radius 2 is 1.52 bits per heavy atom. The third kappa shape index (κ3) is 4.10. The van der Waals surface area contributed by atoms with Crippen molar-refractivity contribution in [2.45, 2.75) is 0 Å². The van der Waals surface area contributed by atoms with Crippen LogP contribution < -0.4 is 4.90 Å². The van der Waals surface area contributed by atoms with Crippen molar-refractivity contribution in [2.75, 3.05) is 44.2 Å². The van der Waals surface area contributed by atoms with Gasteiger partial charge in [-0.25, -0.2) is 9.97 Å². The summed E-state index contributed by atoms with van der Waals surface area (Å²) in [5, 5.41) is 9.14. The van der Waals surface area contributed by atoms with Crippen molar-refractivity contribution in [3.8, 4) is 22.9 Å². The Labute approximate surface area is 158 Å². The average molecular weight is 362 g/mol. The molecule has 1 aliphatic rings. The van der Waals surface area contributed by atoms with Gasteiger partial charge >= 0.3 is 0 Å². The van der Waals surface area contributed by atoms with Gasteiger partial charge in [0.15, 0.2) is 5.82 Å². The van der Waals surface area contributed by atoms with Crippen molar-refractivity contribution in [3.05, 3.63) is 54.9 Å². The Morgan fingerprint density at radius 3 is 2.15 bits per heavy atom. The molecule has 1 N–H and O–H groups in total. The summed E-state index contributed by atoms with van der Waals surface area (Å²) in [6.45, 7) is 4.45. The van der Waals surface area contributed by atoms with Gasteiger partial charge in [0.1, 0.15) is 11.5 Å². The van der Waals surface area contributed by atoms with Crippen LogP contribution in [0.5, 0.6) is 0 Å². The SMILES string of the molecule is OCCN1CCN(c2cc(-c3ccccn3)nc(-c3ccccn3)n2)CC1. The summed E-state index contributed by atoms with van der Waals surface area (Å²) in [4.78, 5) is 22.9. The zero-order chi connectivity index (χ0) is 18.5. The Balaban J connectivity index is 1.69. The molecule has 0 bridgehead atoms. The van der Waals surface area contributed by atoms with Crippen LogP contribution in [0.25, 0.3) is 22.9 Å². The number of pyridine rings is 2. The highest BCUT2D eigenvalue weighted by Crippen LogP contribution is 2.24. The van der Waals surface area contributed by atoms with Crippen molar-refractivity contribution in [2.24, 2.45) is 0 Å². The lowest BCUT2D eigenvalue weighted by Crippen LogP contribution is -2.47. The topological polar surface area (TPSA) is 78.3 Å². The van der Waals surface area contributed by atoms with E-state index in [-0.39, 0.29) is 6.61 Å². The fraction of sp³-hybridized carbons (Fsp3) is 0.300. The highest BCUT2D eigenvalue weighted by atomic mass is 16.3. The standard InChI is InChI=1S/C20H22N6O/c27-14-13-25-9-11-26(12-10-25)19-15-18(16-5-1-3-7-21-16)23-20(24-19)17-6-2-4-8-22-17/h1-8,15,27H,9-14H2. The molecule has 0 spiro atoms. The van der Waals surface area contributed by atoms with Crippen molar-refractivity contribution >= 4 is 5.82 Å². The summed E-state index contributed by atoms with van der Waals surface area (Å²) in [5.74, 6) is 1.49. The van der Waals surface area contributed by atoms with Crippen LogP contribution in [0.15, 0.2) is 54.9 Å². The largest absolute Gasteiger partial charge is 0.395 e. The van der Waals surface area contributed by atoms with Crippen molar-refractivity contribution in [1.29, 1.82) is 0 Å². The van der Waals surface area contributed by atoms with E-state index in [1.807, 2.05) is 42.5 Å². The van der Waals surface area contributed by atoms with Crippen LogP contribution in [0, 0.1) is 0 Å². The van der Waals surface area contributed by atoms with Crippen LogP contribution in [-0.2, 0) is 0 Å².